The SMILES string of the molecule is CCOC1O[C@@H]2[C@H](O1)[C@@H](CO)O[C@H]2n1cnc2c(N)ncnc21. The molecule has 2 fully saturated rings. The molecule has 124 valence electrons. The molecule has 5 atom stereocenters. The lowest BCUT2D eigenvalue weighted by molar-refractivity contribution is -0.265. The molecule has 2 aromatic rings. The van der Waals surface area contributed by atoms with E-state index in [2.05, 4.69) is 15.0 Å². The highest BCUT2D eigenvalue weighted by Gasteiger charge is 2.54. The van der Waals surface area contributed by atoms with Crippen LogP contribution >= 0.6 is 0 Å². The number of rotatable bonds is 4. The van der Waals surface area contributed by atoms with Crippen LogP contribution < -0.4 is 5.73 Å². The Kier molecular flexibility index (Phi) is 3.62. The van der Waals surface area contributed by atoms with Crippen LogP contribution in [0, 0.1) is 0 Å². The van der Waals surface area contributed by atoms with E-state index in [1.54, 1.807) is 10.9 Å². The average molecular weight is 323 g/mol. The van der Waals surface area contributed by atoms with E-state index in [-0.39, 0.29) is 12.4 Å². The Hall–Kier alpha value is -1.85. The van der Waals surface area contributed by atoms with Gasteiger partial charge < -0.3 is 29.8 Å². The molecular weight excluding hydrogens is 306 g/mol. The van der Waals surface area contributed by atoms with Crippen LogP contribution in [0.1, 0.15) is 13.2 Å². The topological polar surface area (TPSA) is 127 Å². The summed E-state index contributed by atoms with van der Waals surface area (Å²) in [5.74, 6) is 0.290. The van der Waals surface area contributed by atoms with Gasteiger partial charge in [-0.15, -0.1) is 0 Å². The van der Waals surface area contributed by atoms with Crippen molar-refractivity contribution in [3.63, 3.8) is 0 Å². The fraction of sp³-hybridized carbons (Fsp3) is 0.615. The molecule has 2 aliphatic rings. The van der Waals surface area contributed by atoms with Crippen LogP contribution in [0.5, 0.6) is 0 Å². The summed E-state index contributed by atoms with van der Waals surface area (Å²) in [5, 5.41) is 9.53. The summed E-state index contributed by atoms with van der Waals surface area (Å²) in [6.45, 7) is 1.34. The number of aliphatic hydroxyl groups is 1. The summed E-state index contributed by atoms with van der Waals surface area (Å²) in [6.07, 6.45) is 0.972. The second-order valence-electron chi connectivity index (χ2n) is 5.28. The van der Waals surface area contributed by atoms with Crippen molar-refractivity contribution >= 4 is 17.0 Å². The summed E-state index contributed by atoms with van der Waals surface area (Å²) < 4.78 is 24.4. The number of ether oxygens (including phenoxy) is 4. The van der Waals surface area contributed by atoms with Crippen molar-refractivity contribution in [2.45, 2.75) is 37.9 Å². The van der Waals surface area contributed by atoms with E-state index < -0.39 is 31.0 Å². The third-order valence-electron chi connectivity index (χ3n) is 3.97. The Labute approximate surface area is 131 Å². The van der Waals surface area contributed by atoms with Crippen LogP contribution in [-0.2, 0) is 18.9 Å². The Morgan fingerprint density at radius 3 is 2.87 bits per heavy atom. The number of hydrogen-bond donors (Lipinski definition) is 2. The van der Waals surface area contributed by atoms with Gasteiger partial charge in [-0.3, -0.25) is 4.57 Å². The highest BCUT2D eigenvalue weighted by atomic mass is 16.9. The number of hydrogen-bond acceptors (Lipinski definition) is 9. The Morgan fingerprint density at radius 1 is 1.26 bits per heavy atom. The van der Waals surface area contributed by atoms with E-state index in [1.165, 1.54) is 6.33 Å². The van der Waals surface area contributed by atoms with E-state index >= 15 is 0 Å². The standard InChI is InChI=1S/C13H17N5O5/c1-2-20-13-22-8-6(3-19)21-12(9(8)23-13)18-5-17-7-10(14)15-4-16-11(7)18/h4-6,8-9,12-13,19H,2-3H2,1H3,(H2,14,15,16)/t6-,8-,9-,12-,13?/m1/s1. The van der Waals surface area contributed by atoms with E-state index in [0.717, 1.165) is 0 Å². The van der Waals surface area contributed by atoms with Crippen molar-refractivity contribution in [3.05, 3.63) is 12.7 Å². The second-order valence-corrected chi connectivity index (χ2v) is 5.28. The van der Waals surface area contributed by atoms with Gasteiger partial charge in [0.2, 0.25) is 0 Å². The molecule has 2 aliphatic heterocycles. The van der Waals surface area contributed by atoms with Gasteiger partial charge in [0.05, 0.1) is 12.9 Å². The fourth-order valence-corrected chi connectivity index (χ4v) is 2.95. The predicted octanol–water partition coefficient (Wildman–Crippen LogP) is -0.598. The maximum absolute atomic E-state index is 9.53. The number of aromatic nitrogens is 4. The number of nitrogens with zero attached hydrogens (tertiary/aromatic N) is 4. The molecule has 4 heterocycles. The fourth-order valence-electron chi connectivity index (χ4n) is 2.95. The van der Waals surface area contributed by atoms with Gasteiger partial charge in [-0.05, 0) is 6.92 Å². The van der Waals surface area contributed by atoms with Gasteiger partial charge in [-0.2, -0.15) is 0 Å². The largest absolute Gasteiger partial charge is 0.394 e. The third kappa shape index (κ3) is 2.26. The molecule has 10 nitrogen and oxygen atoms in total. The molecule has 4 rings (SSSR count). The van der Waals surface area contributed by atoms with Gasteiger partial charge in [0, 0.05) is 6.61 Å². The zero-order valence-corrected chi connectivity index (χ0v) is 12.4. The third-order valence-corrected chi connectivity index (χ3v) is 3.97. The zero-order valence-electron chi connectivity index (χ0n) is 12.4. The number of nitrogens with two attached hydrogens (primary N) is 1. The summed E-state index contributed by atoms with van der Waals surface area (Å²) >= 11 is 0. The lowest BCUT2D eigenvalue weighted by Gasteiger charge is -2.20. The van der Waals surface area contributed by atoms with Crippen molar-refractivity contribution in [3.8, 4) is 0 Å². The van der Waals surface area contributed by atoms with Crippen molar-refractivity contribution in [2.24, 2.45) is 0 Å². The van der Waals surface area contributed by atoms with Crippen LogP contribution in [0.4, 0.5) is 5.82 Å². The lowest BCUT2D eigenvalue weighted by Crippen LogP contribution is -2.31. The van der Waals surface area contributed by atoms with E-state index in [1.807, 2.05) is 6.92 Å². The number of fused-ring (bicyclic) bond motifs is 2. The summed E-state index contributed by atoms with van der Waals surface area (Å²) in [5.41, 5.74) is 6.82. The lowest BCUT2D eigenvalue weighted by atomic mass is 10.1. The van der Waals surface area contributed by atoms with Gasteiger partial charge in [0.15, 0.2) is 17.7 Å². The maximum atomic E-state index is 9.53. The van der Waals surface area contributed by atoms with E-state index in [9.17, 15) is 5.11 Å². The highest BCUT2D eigenvalue weighted by molar-refractivity contribution is 5.81. The number of imidazole rings is 1. The van der Waals surface area contributed by atoms with E-state index in [0.29, 0.717) is 17.8 Å². The minimum atomic E-state index is -0.773. The first kappa shape index (κ1) is 14.7. The molecule has 0 radical (unpaired) electrons. The first-order valence-electron chi connectivity index (χ1n) is 7.34. The molecule has 0 aliphatic carbocycles. The average Bonchev–Trinajstić information content (AvgIpc) is 3.21. The van der Waals surface area contributed by atoms with Gasteiger partial charge in [-0.25, -0.2) is 15.0 Å². The second kappa shape index (κ2) is 5.65. The van der Waals surface area contributed by atoms with Gasteiger partial charge in [-0.1, -0.05) is 0 Å². The summed E-state index contributed by atoms with van der Waals surface area (Å²) in [6, 6.07) is 0. The molecule has 0 saturated carbocycles. The molecule has 2 saturated heterocycles. The predicted molar refractivity (Wildman–Crippen MR) is 75.9 cm³/mol. The van der Waals surface area contributed by atoms with Gasteiger partial charge >= 0.3 is 0 Å². The maximum Gasteiger partial charge on any atom is 0.272 e. The Bertz CT molecular complexity index is 709. The number of nitrogen functional groups attached to an aromatic ring is 1. The van der Waals surface area contributed by atoms with Crippen molar-refractivity contribution < 1.29 is 24.1 Å². The molecule has 3 N–H and O–H groups in total. The minimum absolute atomic E-state index is 0.191. The molecule has 1 unspecified atom stereocenters. The van der Waals surface area contributed by atoms with Crippen molar-refractivity contribution in [1.29, 1.82) is 0 Å². The van der Waals surface area contributed by atoms with Crippen molar-refractivity contribution in [1.82, 2.24) is 19.5 Å². The highest BCUT2D eigenvalue weighted by Crippen LogP contribution is 2.40. The minimum Gasteiger partial charge on any atom is -0.394 e. The Morgan fingerprint density at radius 2 is 2.09 bits per heavy atom. The molecule has 0 amide bonds. The van der Waals surface area contributed by atoms with Crippen LogP contribution in [0.15, 0.2) is 12.7 Å². The molecule has 0 spiro atoms. The first-order valence-corrected chi connectivity index (χ1v) is 7.34. The molecule has 2 aromatic heterocycles. The molecule has 0 bridgehead atoms. The Balaban J connectivity index is 1.69. The normalized spacial score (nSPS) is 33.4. The van der Waals surface area contributed by atoms with Gasteiger partial charge in [0.1, 0.15) is 30.2 Å². The summed E-state index contributed by atoms with van der Waals surface area (Å²) in [7, 11) is 0. The quantitative estimate of drug-likeness (QED) is 0.758. The molecular formula is C13H17N5O5. The molecule has 0 aromatic carbocycles. The van der Waals surface area contributed by atoms with Crippen LogP contribution in [0.3, 0.4) is 0 Å². The zero-order chi connectivity index (χ0) is 16.0. The van der Waals surface area contributed by atoms with Crippen LogP contribution in [0.25, 0.3) is 11.2 Å². The number of aliphatic hydroxyl groups excluding tert-OH is 1. The summed E-state index contributed by atoms with van der Waals surface area (Å²) in [4.78, 5) is 12.3. The number of anilines is 1. The first-order chi connectivity index (χ1) is 11.2. The van der Waals surface area contributed by atoms with Crippen molar-refractivity contribution in [2.75, 3.05) is 18.9 Å². The van der Waals surface area contributed by atoms with Crippen LogP contribution in [-0.4, -0.2) is 62.6 Å². The van der Waals surface area contributed by atoms with Crippen LogP contribution in [0.2, 0.25) is 0 Å². The van der Waals surface area contributed by atoms with Gasteiger partial charge in [0.25, 0.3) is 6.48 Å². The molecule has 10 heteroatoms. The monoisotopic (exact) mass is 323 g/mol. The smallest absolute Gasteiger partial charge is 0.272 e. The molecule has 23 heavy (non-hydrogen) atoms. The van der Waals surface area contributed by atoms with E-state index in [4.69, 9.17) is 24.7 Å².